The van der Waals surface area contributed by atoms with Crippen molar-refractivity contribution in [1.82, 2.24) is 0 Å². The average molecular weight is 384 g/mol. The zero-order valence-electron chi connectivity index (χ0n) is 9.81. The lowest BCUT2D eigenvalue weighted by atomic mass is 9.97. The summed E-state index contributed by atoms with van der Waals surface area (Å²) in [5.74, 6) is -0.258. The Morgan fingerprint density at radius 2 is 1.84 bits per heavy atom. The fraction of sp³-hybridized carbons (Fsp3) is 0.0667. The van der Waals surface area contributed by atoms with E-state index in [1.165, 1.54) is 6.07 Å². The molecule has 0 spiro atoms. The van der Waals surface area contributed by atoms with Gasteiger partial charge in [0.25, 0.3) is 0 Å². The van der Waals surface area contributed by atoms with Crippen molar-refractivity contribution in [2.45, 2.75) is 6.10 Å². The van der Waals surface area contributed by atoms with Crippen molar-refractivity contribution in [2.75, 3.05) is 0 Å². The Morgan fingerprint density at radius 3 is 2.53 bits per heavy atom. The molecular weight excluding hydrogens is 374 g/mol. The molecule has 0 aliphatic carbocycles. The highest BCUT2D eigenvalue weighted by atomic mass is 127. The molecule has 2 aromatic carbocycles. The predicted octanol–water partition coefficient (Wildman–Crippen LogP) is 4.73. The van der Waals surface area contributed by atoms with Crippen LogP contribution in [0.1, 0.15) is 17.2 Å². The Kier molecular flexibility index (Phi) is 3.56. The van der Waals surface area contributed by atoms with E-state index >= 15 is 0 Å². The Morgan fingerprint density at radius 1 is 1.11 bits per heavy atom. The zero-order valence-corrected chi connectivity index (χ0v) is 12.8. The largest absolute Gasteiger partial charge is 0.384 e. The van der Waals surface area contributed by atoms with Gasteiger partial charge in [0.2, 0.25) is 0 Å². The maximum Gasteiger partial charge on any atom is 0.131 e. The van der Waals surface area contributed by atoms with E-state index in [4.69, 9.17) is 0 Å². The highest BCUT2D eigenvalue weighted by molar-refractivity contribution is 14.1. The lowest BCUT2D eigenvalue weighted by molar-refractivity contribution is 0.222. The fourth-order valence-corrected chi connectivity index (χ4v) is 3.56. The third-order valence-electron chi connectivity index (χ3n) is 3.10. The summed E-state index contributed by atoms with van der Waals surface area (Å²) in [6.45, 7) is 0. The molecule has 0 aliphatic rings. The molecule has 3 aromatic rings. The lowest BCUT2D eigenvalue weighted by Gasteiger charge is -2.13. The number of hydrogen-bond acceptors (Lipinski definition) is 2. The smallest absolute Gasteiger partial charge is 0.131 e. The first-order chi connectivity index (χ1) is 9.16. The van der Waals surface area contributed by atoms with Gasteiger partial charge in [-0.05, 0) is 56.6 Å². The van der Waals surface area contributed by atoms with Gasteiger partial charge in [0.05, 0.1) is 2.88 Å². The van der Waals surface area contributed by atoms with E-state index in [1.54, 1.807) is 29.5 Å². The number of halogens is 2. The van der Waals surface area contributed by atoms with E-state index in [1.807, 2.05) is 23.6 Å². The Bertz CT molecular complexity index is 738. The molecule has 1 heterocycles. The standard InChI is InChI=1S/C15H10FIOS/c16-13-6-5-12(10-3-1-2-4-11(10)13)15(18)9-7-14(17)19-8-9/h1-8,15,18H. The van der Waals surface area contributed by atoms with Crippen molar-refractivity contribution in [3.05, 3.63) is 67.7 Å². The van der Waals surface area contributed by atoms with E-state index in [9.17, 15) is 9.50 Å². The van der Waals surface area contributed by atoms with E-state index < -0.39 is 6.10 Å². The topological polar surface area (TPSA) is 20.2 Å². The van der Waals surface area contributed by atoms with Gasteiger partial charge in [-0.2, -0.15) is 0 Å². The van der Waals surface area contributed by atoms with Crippen LogP contribution in [0.4, 0.5) is 4.39 Å². The quantitative estimate of drug-likeness (QED) is 0.634. The van der Waals surface area contributed by atoms with E-state index in [0.717, 1.165) is 19.4 Å². The van der Waals surface area contributed by atoms with Crippen LogP contribution in [0.3, 0.4) is 0 Å². The Balaban J connectivity index is 2.18. The van der Waals surface area contributed by atoms with Gasteiger partial charge in [-0.1, -0.05) is 30.3 Å². The summed E-state index contributed by atoms with van der Waals surface area (Å²) in [4.78, 5) is 0. The summed E-state index contributed by atoms with van der Waals surface area (Å²) in [6.07, 6.45) is -0.717. The third-order valence-corrected chi connectivity index (χ3v) is 4.91. The summed E-state index contributed by atoms with van der Waals surface area (Å²) in [5, 5.41) is 13.7. The van der Waals surface area contributed by atoms with Gasteiger partial charge in [0, 0.05) is 5.39 Å². The number of thiophene rings is 1. The normalized spacial score (nSPS) is 12.8. The molecule has 3 rings (SSSR count). The second-order valence-electron chi connectivity index (χ2n) is 4.27. The van der Waals surface area contributed by atoms with Crippen LogP contribution in [0.25, 0.3) is 10.8 Å². The molecule has 0 saturated carbocycles. The van der Waals surface area contributed by atoms with Crippen molar-refractivity contribution in [3.63, 3.8) is 0 Å². The van der Waals surface area contributed by atoms with Crippen LogP contribution >= 0.6 is 33.9 Å². The molecule has 0 amide bonds. The first kappa shape index (κ1) is 13.0. The predicted molar refractivity (Wildman–Crippen MR) is 85.0 cm³/mol. The summed E-state index contributed by atoms with van der Waals surface area (Å²) in [5.41, 5.74) is 1.59. The molecule has 19 heavy (non-hydrogen) atoms. The van der Waals surface area contributed by atoms with Gasteiger partial charge >= 0.3 is 0 Å². The molecule has 1 atom stereocenters. The van der Waals surface area contributed by atoms with Gasteiger partial charge in [-0.15, -0.1) is 11.3 Å². The first-order valence-electron chi connectivity index (χ1n) is 5.76. The van der Waals surface area contributed by atoms with Gasteiger partial charge in [-0.25, -0.2) is 4.39 Å². The van der Waals surface area contributed by atoms with E-state index in [2.05, 4.69) is 22.6 Å². The minimum Gasteiger partial charge on any atom is -0.384 e. The highest BCUT2D eigenvalue weighted by Gasteiger charge is 2.16. The second-order valence-corrected chi connectivity index (χ2v) is 7.07. The summed E-state index contributed by atoms with van der Waals surface area (Å²) >= 11 is 3.81. The third kappa shape index (κ3) is 2.40. The van der Waals surface area contributed by atoms with Crippen LogP contribution in [0.2, 0.25) is 0 Å². The number of benzene rings is 2. The summed E-state index contributed by atoms with van der Waals surface area (Å²) in [7, 11) is 0. The monoisotopic (exact) mass is 384 g/mol. The van der Waals surface area contributed by atoms with Crippen LogP contribution in [0.15, 0.2) is 47.8 Å². The molecule has 0 saturated heterocycles. The van der Waals surface area contributed by atoms with Crippen molar-refractivity contribution >= 4 is 44.7 Å². The van der Waals surface area contributed by atoms with Crippen LogP contribution < -0.4 is 0 Å². The molecule has 0 radical (unpaired) electrons. The minimum absolute atomic E-state index is 0.258. The lowest BCUT2D eigenvalue weighted by Crippen LogP contribution is -1.99. The molecule has 1 nitrogen and oxygen atoms in total. The molecule has 1 aromatic heterocycles. The van der Waals surface area contributed by atoms with Crippen LogP contribution in [-0.2, 0) is 0 Å². The van der Waals surface area contributed by atoms with Crippen molar-refractivity contribution in [2.24, 2.45) is 0 Å². The summed E-state index contributed by atoms with van der Waals surface area (Å²) < 4.78 is 14.9. The van der Waals surface area contributed by atoms with Crippen molar-refractivity contribution in [3.8, 4) is 0 Å². The molecule has 0 bridgehead atoms. The number of hydrogen-bond donors (Lipinski definition) is 1. The number of fused-ring (bicyclic) bond motifs is 1. The van der Waals surface area contributed by atoms with Crippen molar-refractivity contribution in [1.29, 1.82) is 0 Å². The molecule has 96 valence electrons. The first-order valence-corrected chi connectivity index (χ1v) is 7.72. The molecule has 1 N–H and O–H groups in total. The zero-order chi connectivity index (χ0) is 13.4. The maximum absolute atomic E-state index is 13.8. The second kappa shape index (κ2) is 5.19. The molecular formula is C15H10FIOS. The van der Waals surface area contributed by atoms with Gasteiger partial charge in [0.1, 0.15) is 11.9 Å². The number of rotatable bonds is 2. The maximum atomic E-state index is 13.8. The van der Waals surface area contributed by atoms with Gasteiger partial charge in [-0.3, -0.25) is 0 Å². The van der Waals surface area contributed by atoms with Crippen molar-refractivity contribution < 1.29 is 9.50 Å². The molecule has 4 heteroatoms. The Labute approximate surface area is 127 Å². The fourth-order valence-electron chi connectivity index (χ4n) is 2.17. The SMILES string of the molecule is OC(c1csc(I)c1)c1ccc(F)c2ccccc12. The van der Waals surface area contributed by atoms with Crippen LogP contribution in [0.5, 0.6) is 0 Å². The van der Waals surface area contributed by atoms with Crippen LogP contribution in [-0.4, -0.2) is 5.11 Å². The van der Waals surface area contributed by atoms with Crippen LogP contribution in [0, 0.1) is 8.70 Å². The summed E-state index contributed by atoms with van der Waals surface area (Å²) in [6, 6.07) is 12.3. The average Bonchev–Trinajstić information content (AvgIpc) is 2.86. The molecule has 1 unspecified atom stereocenters. The van der Waals surface area contributed by atoms with E-state index in [-0.39, 0.29) is 5.82 Å². The van der Waals surface area contributed by atoms with E-state index in [0.29, 0.717) is 5.39 Å². The Hall–Kier alpha value is -0.980. The number of aliphatic hydroxyl groups excluding tert-OH is 1. The molecule has 0 fully saturated rings. The minimum atomic E-state index is -0.717. The van der Waals surface area contributed by atoms with Gasteiger partial charge in [0.15, 0.2) is 0 Å². The van der Waals surface area contributed by atoms with Gasteiger partial charge < -0.3 is 5.11 Å². The number of aliphatic hydroxyl groups is 1. The molecule has 0 aliphatic heterocycles. The highest BCUT2D eigenvalue weighted by Crippen LogP contribution is 2.32.